The number of carbonyl (C=O) groups excluding carboxylic acids is 1. The van der Waals surface area contributed by atoms with Crippen LogP contribution in [0, 0.1) is 6.92 Å². The van der Waals surface area contributed by atoms with Crippen molar-refractivity contribution in [3.8, 4) is 0 Å². The number of thioether (sulfide) groups is 1. The Morgan fingerprint density at radius 3 is 2.72 bits per heavy atom. The number of hydrogen-bond donors (Lipinski definition) is 0. The summed E-state index contributed by atoms with van der Waals surface area (Å²) in [5.41, 5.74) is 3.55. The van der Waals surface area contributed by atoms with Gasteiger partial charge in [0.25, 0.3) is 0 Å². The Morgan fingerprint density at radius 2 is 1.96 bits per heavy atom. The van der Waals surface area contributed by atoms with Crippen molar-refractivity contribution in [1.29, 1.82) is 0 Å². The number of nitrogens with zero attached hydrogens (tertiary/aromatic N) is 2. The highest BCUT2D eigenvalue weighted by Gasteiger charge is 2.32. The van der Waals surface area contributed by atoms with Gasteiger partial charge in [-0.15, -0.1) is 11.8 Å². The van der Waals surface area contributed by atoms with E-state index in [9.17, 15) is 4.79 Å². The van der Waals surface area contributed by atoms with Crippen LogP contribution in [0.25, 0.3) is 0 Å². The molecule has 132 valence electrons. The molecule has 5 heteroatoms. The molecule has 3 rings (SSSR count). The van der Waals surface area contributed by atoms with Crippen LogP contribution in [0.5, 0.6) is 0 Å². The number of aryl methyl sites for hydroxylation is 1. The maximum absolute atomic E-state index is 12.9. The minimum atomic E-state index is 0.0214. The van der Waals surface area contributed by atoms with E-state index in [1.54, 1.807) is 11.8 Å². The third kappa shape index (κ3) is 4.38. The molecule has 1 heterocycles. The average Bonchev–Trinajstić information content (AvgIpc) is 3.07. The summed E-state index contributed by atoms with van der Waals surface area (Å²) in [6.07, 6.45) is 0. The van der Waals surface area contributed by atoms with E-state index in [0.29, 0.717) is 6.54 Å². The third-order valence-electron chi connectivity index (χ3n) is 4.49. The van der Waals surface area contributed by atoms with Gasteiger partial charge in [-0.3, -0.25) is 9.69 Å². The van der Waals surface area contributed by atoms with Crippen molar-refractivity contribution in [2.24, 2.45) is 0 Å². The summed E-state index contributed by atoms with van der Waals surface area (Å²) >= 11 is 8.12. The van der Waals surface area contributed by atoms with Gasteiger partial charge in [-0.1, -0.05) is 54.1 Å². The fourth-order valence-corrected chi connectivity index (χ4v) is 4.73. The molecule has 2 aromatic rings. The van der Waals surface area contributed by atoms with E-state index in [-0.39, 0.29) is 11.3 Å². The number of hydrogen-bond acceptors (Lipinski definition) is 3. The molecule has 25 heavy (non-hydrogen) atoms. The van der Waals surface area contributed by atoms with Gasteiger partial charge < -0.3 is 4.90 Å². The van der Waals surface area contributed by atoms with Crippen LogP contribution in [0.4, 0.5) is 0 Å². The summed E-state index contributed by atoms with van der Waals surface area (Å²) in [6, 6.07) is 16.1. The zero-order chi connectivity index (χ0) is 17.8. The van der Waals surface area contributed by atoms with Gasteiger partial charge in [0.05, 0.1) is 6.54 Å². The monoisotopic (exact) mass is 374 g/mol. The molecule has 0 aliphatic carbocycles. The Balaban J connectivity index is 1.66. The van der Waals surface area contributed by atoms with Crippen molar-refractivity contribution >= 4 is 29.3 Å². The molecule has 1 unspecified atom stereocenters. The van der Waals surface area contributed by atoms with Gasteiger partial charge in [0.1, 0.15) is 5.37 Å². The molecule has 0 aromatic heterocycles. The average molecular weight is 375 g/mol. The van der Waals surface area contributed by atoms with Crippen LogP contribution < -0.4 is 0 Å². The van der Waals surface area contributed by atoms with Gasteiger partial charge in [-0.2, -0.15) is 0 Å². The molecule has 1 aliphatic rings. The predicted molar refractivity (Wildman–Crippen MR) is 106 cm³/mol. The van der Waals surface area contributed by atoms with Crippen molar-refractivity contribution < 1.29 is 4.79 Å². The fourth-order valence-electron chi connectivity index (χ4n) is 3.11. The first-order chi connectivity index (χ1) is 12.1. The van der Waals surface area contributed by atoms with E-state index in [1.165, 1.54) is 11.1 Å². The summed E-state index contributed by atoms with van der Waals surface area (Å²) < 4.78 is 0. The van der Waals surface area contributed by atoms with Crippen molar-refractivity contribution in [1.82, 2.24) is 9.80 Å². The molecular formula is C20H23ClN2OS. The standard InChI is InChI=1S/C20H23ClN2OS/c1-15-7-3-4-8-16(15)13-22(2)14-19(24)23-11-12-25-20(23)17-9-5-6-10-18(17)21/h3-10,20H,11-14H2,1-2H3. The highest BCUT2D eigenvalue weighted by Crippen LogP contribution is 2.40. The van der Waals surface area contributed by atoms with Gasteiger partial charge in [0.2, 0.25) is 5.91 Å². The first kappa shape index (κ1) is 18.3. The van der Waals surface area contributed by atoms with E-state index < -0.39 is 0 Å². The van der Waals surface area contributed by atoms with Crippen molar-refractivity contribution in [3.63, 3.8) is 0 Å². The third-order valence-corrected chi connectivity index (χ3v) is 6.08. The molecule has 1 saturated heterocycles. The minimum absolute atomic E-state index is 0.0214. The molecule has 1 fully saturated rings. The summed E-state index contributed by atoms with van der Waals surface area (Å²) in [5, 5.41) is 0.751. The Bertz CT molecular complexity index is 752. The number of benzene rings is 2. The molecule has 0 bridgehead atoms. The smallest absolute Gasteiger partial charge is 0.237 e. The van der Waals surface area contributed by atoms with Crippen molar-refractivity contribution in [3.05, 3.63) is 70.2 Å². The van der Waals surface area contributed by atoms with Crippen LogP contribution in [-0.4, -0.2) is 41.6 Å². The number of rotatable bonds is 5. The number of halogens is 1. The van der Waals surface area contributed by atoms with Gasteiger partial charge in [0, 0.05) is 29.4 Å². The Morgan fingerprint density at radius 1 is 1.24 bits per heavy atom. The fraction of sp³-hybridized carbons (Fsp3) is 0.350. The molecule has 3 nitrogen and oxygen atoms in total. The lowest BCUT2D eigenvalue weighted by Gasteiger charge is -2.27. The lowest BCUT2D eigenvalue weighted by atomic mass is 10.1. The molecule has 0 spiro atoms. The lowest BCUT2D eigenvalue weighted by molar-refractivity contribution is -0.132. The van der Waals surface area contributed by atoms with Gasteiger partial charge in [-0.05, 0) is 31.2 Å². The quantitative estimate of drug-likeness (QED) is 0.777. The largest absolute Gasteiger partial charge is 0.325 e. The summed E-state index contributed by atoms with van der Waals surface area (Å²) in [5.74, 6) is 1.11. The maximum atomic E-state index is 12.9. The van der Waals surface area contributed by atoms with E-state index in [0.717, 1.165) is 29.4 Å². The Kier molecular flexibility index (Phi) is 6.05. The second kappa shape index (κ2) is 8.26. The Hall–Kier alpha value is -1.49. The van der Waals surface area contributed by atoms with E-state index >= 15 is 0 Å². The molecule has 2 aromatic carbocycles. The van der Waals surface area contributed by atoms with Crippen molar-refractivity contribution in [2.75, 3.05) is 25.9 Å². The van der Waals surface area contributed by atoms with Crippen LogP contribution in [0.3, 0.4) is 0 Å². The zero-order valence-electron chi connectivity index (χ0n) is 14.6. The summed E-state index contributed by atoms with van der Waals surface area (Å²) in [6.45, 7) is 4.07. The molecular weight excluding hydrogens is 352 g/mol. The molecule has 1 amide bonds. The van der Waals surface area contributed by atoms with Gasteiger partial charge in [-0.25, -0.2) is 0 Å². The van der Waals surface area contributed by atoms with E-state index in [2.05, 4.69) is 24.0 Å². The normalized spacial score (nSPS) is 17.3. The topological polar surface area (TPSA) is 23.6 Å². The van der Waals surface area contributed by atoms with Crippen LogP contribution >= 0.6 is 23.4 Å². The zero-order valence-corrected chi connectivity index (χ0v) is 16.2. The highest BCUT2D eigenvalue weighted by atomic mass is 35.5. The van der Waals surface area contributed by atoms with Crippen LogP contribution in [0.15, 0.2) is 48.5 Å². The second-order valence-electron chi connectivity index (χ2n) is 6.43. The van der Waals surface area contributed by atoms with Crippen LogP contribution in [0.2, 0.25) is 5.02 Å². The Labute approximate surface area is 159 Å². The highest BCUT2D eigenvalue weighted by molar-refractivity contribution is 7.99. The van der Waals surface area contributed by atoms with E-state index in [1.807, 2.05) is 48.3 Å². The molecule has 0 N–H and O–H groups in total. The number of amides is 1. The molecule has 1 aliphatic heterocycles. The minimum Gasteiger partial charge on any atom is -0.325 e. The first-order valence-electron chi connectivity index (χ1n) is 8.45. The van der Waals surface area contributed by atoms with Crippen molar-refractivity contribution in [2.45, 2.75) is 18.8 Å². The molecule has 0 saturated carbocycles. The SMILES string of the molecule is Cc1ccccc1CN(C)CC(=O)N1CCSC1c1ccccc1Cl. The summed E-state index contributed by atoms with van der Waals surface area (Å²) in [7, 11) is 2.00. The number of carbonyl (C=O) groups is 1. The number of likely N-dealkylation sites (N-methyl/N-ethyl adjacent to an activating group) is 1. The molecule has 0 radical (unpaired) electrons. The van der Waals surface area contributed by atoms with E-state index in [4.69, 9.17) is 11.6 Å². The van der Waals surface area contributed by atoms with Crippen LogP contribution in [-0.2, 0) is 11.3 Å². The lowest BCUT2D eigenvalue weighted by Crippen LogP contribution is -2.38. The van der Waals surface area contributed by atoms with Gasteiger partial charge in [0.15, 0.2) is 0 Å². The predicted octanol–water partition coefficient (Wildman–Crippen LogP) is 4.35. The first-order valence-corrected chi connectivity index (χ1v) is 9.87. The maximum Gasteiger partial charge on any atom is 0.237 e. The summed E-state index contributed by atoms with van der Waals surface area (Å²) in [4.78, 5) is 16.9. The second-order valence-corrected chi connectivity index (χ2v) is 8.03. The molecule has 1 atom stereocenters. The van der Waals surface area contributed by atoms with Crippen LogP contribution in [0.1, 0.15) is 22.1 Å². The van der Waals surface area contributed by atoms with Gasteiger partial charge >= 0.3 is 0 Å².